The van der Waals surface area contributed by atoms with E-state index in [9.17, 15) is 9.59 Å². The normalized spacial score (nSPS) is 10.0. The molecule has 0 aliphatic rings. The molecule has 2 N–H and O–H groups in total. The first-order valence-corrected chi connectivity index (χ1v) is 6.54. The summed E-state index contributed by atoms with van der Waals surface area (Å²) in [5.41, 5.74) is 0.523. The lowest BCUT2D eigenvalue weighted by atomic mass is 10.2. The molecule has 1 aromatic carbocycles. The largest absolute Gasteiger partial charge is 0.481 e. The lowest BCUT2D eigenvalue weighted by Crippen LogP contribution is -2.25. The van der Waals surface area contributed by atoms with Crippen LogP contribution >= 0.6 is 31.9 Å². The Balaban J connectivity index is 2.52. The van der Waals surface area contributed by atoms with Gasteiger partial charge in [-0.15, -0.1) is 0 Å². The van der Waals surface area contributed by atoms with E-state index in [1.165, 1.54) is 0 Å². The number of benzene rings is 1. The Morgan fingerprint density at radius 2 is 2.00 bits per heavy atom. The van der Waals surface area contributed by atoms with E-state index in [0.29, 0.717) is 23.0 Å². The molecule has 0 aromatic heterocycles. The average Bonchev–Trinajstić information content (AvgIpc) is 2.27. The van der Waals surface area contributed by atoms with E-state index in [0.717, 1.165) is 4.47 Å². The van der Waals surface area contributed by atoms with Crippen molar-refractivity contribution in [1.29, 1.82) is 0 Å². The van der Waals surface area contributed by atoms with Gasteiger partial charge in [0.25, 0.3) is 5.91 Å². The summed E-state index contributed by atoms with van der Waals surface area (Å²) in [6, 6.07) is 5.30. The van der Waals surface area contributed by atoms with E-state index in [4.69, 9.17) is 5.11 Å². The van der Waals surface area contributed by atoms with Crippen LogP contribution in [-0.2, 0) is 4.79 Å². The van der Waals surface area contributed by atoms with Crippen molar-refractivity contribution < 1.29 is 14.7 Å². The average molecular weight is 365 g/mol. The van der Waals surface area contributed by atoms with Gasteiger partial charge in [-0.3, -0.25) is 9.59 Å². The van der Waals surface area contributed by atoms with Crippen LogP contribution in [0.1, 0.15) is 23.2 Å². The fraction of sp³-hybridized carbons (Fsp3) is 0.273. The number of carboxylic acids is 1. The van der Waals surface area contributed by atoms with Crippen molar-refractivity contribution in [2.75, 3.05) is 6.54 Å². The Labute approximate surface area is 116 Å². The van der Waals surface area contributed by atoms with Crippen molar-refractivity contribution in [3.8, 4) is 0 Å². The number of rotatable bonds is 5. The third-order valence-electron chi connectivity index (χ3n) is 2.03. The molecule has 6 heteroatoms. The van der Waals surface area contributed by atoms with Crippen molar-refractivity contribution >= 4 is 43.7 Å². The number of carbonyl (C=O) groups is 2. The first-order valence-electron chi connectivity index (χ1n) is 4.95. The van der Waals surface area contributed by atoms with Gasteiger partial charge in [0, 0.05) is 21.9 Å². The Bertz CT molecular complexity index is 435. The lowest BCUT2D eigenvalue weighted by molar-refractivity contribution is -0.137. The zero-order valence-electron chi connectivity index (χ0n) is 8.87. The fourth-order valence-corrected chi connectivity index (χ4v) is 2.00. The maximum Gasteiger partial charge on any atom is 0.303 e. The van der Waals surface area contributed by atoms with Crippen molar-refractivity contribution in [2.24, 2.45) is 0 Å². The molecule has 0 fully saturated rings. The standard InChI is InChI=1S/C11H11Br2NO3/c12-7-3-4-9(13)8(6-7)11(17)14-5-1-2-10(15)16/h3-4,6H,1-2,5H2,(H,14,17)(H,15,16). The van der Waals surface area contributed by atoms with Crippen LogP contribution in [0.15, 0.2) is 27.1 Å². The topological polar surface area (TPSA) is 66.4 Å². The van der Waals surface area contributed by atoms with Gasteiger partial charge in [0.05, 0.1) is 5.56 Å². The molecule has 0 radical (unpaired) electrons. The predicted molar refractivity (Wildman–Crippen MR) is 71.0 cm³/mol. The predicted octanol–water partition coefficient (Wildman–Crippen LogP) is 2.81. The Morgan fingerprint density at radius 3 is 2.65 bits per heavy atom. The van der Waals surface area contributed by atoms with Gasteiger partial charge in [-0.05, 0) is 40.5 Å². The summed E-state index contributed by atoms with van der Waals surface area (Å²) >= 11 is 6.57. The van der Waals surface area contributed by atoms with E-state index >= 15 is 0 Å². The highest BCUT2D eigenvalue weighted by molar-refractivity contribution is 9.11. The van der Waals surface area contributed by atoms with Gasteiger partial charge in [-0.2, -0.15) is 0 Å². The van der Waals surface area contributed by atoms with Crippen molar-refractivity contribution in [3.05, 3.63) is 32.7 Å². The van der Waals surface area contributed by atoms with Gasteiger partial charge in [0.15, 0.2) is 0 Å². The Hall–Kier alpha value is -0.880. The molecule has 0 saturated carbocycles. The van der Waals surface area contributed by atoms with Gasteiger partial charge in [-0.25, -0.2) is 0 Å². The van der Waals surface area contributed by atoms with Crippen molar-refractivity contribution in [1.82, 2.24) is 5.32 Å². The third-order valence-corrected chi connectivity index (χ3v) is 3.21. The number of hydrogen-bond acceptors (Lipinski definition) is 2. The van der Waals surface area contributed by atoms with Crippen LogP contribution in [0, 0.1) is 0 Å². The zero-order valence-corrected chi connectivity index (χ0v) is 12.0. The summed E-state index contributed by atoms with van der Waals surface area (Å²) in [7, 11) is 0. The van der Waals surface area contributed by atoms with Crippen molar-refractivity contribution in [3.63, 3.8) is 0 Å². The van der Waals surface area contributed by atoms with Gasteiger partial charge in [0.1, 0.15) is 0 Å². The summed E-state index contributed by atoms with van der Waals surface area (Å²) in [5, 5.41) is 11.1. The molecule has 0 bridgehead atoms. The van der Waals surface area contributed by atoms with Crippen LogP contribution in [-0.4, -0.2) is 23.5 Å². The van der Waals surface area contributed by atoms with Gasteiger partial charge in [0.2, 0.25) is 0 Å². The maximum atomic E-state index is 11.8. The summed E-state index contributed by atoms with van der Waals surface area (Å²) in [4.78, 5) is 22.0. The van der Waals surface area contributed by atoms with E-state index in [1.54, 1.807) is 12.1 Å². The SMILES string of the molecule is O=C(O)CCCNC(=O)c1cc(Br)ccc1Br. The Kier molecular flexibility index (Phi) is 5.64. The van der Waals surface area contributed by atoms with Crippen LogP contribution in [0.5, 0.6) is 0 Å². The Morgan fingerprint density at radius 1 is 1.29 bits per heavy atom. The number of aliphatic carboxylic acids is 1. The molecule has 17 heavy (non-hydrogen) atoms. The molecule has 92 valence electrons. The number of carboxylic acid groups (broad SMARTS) is 1. The lowest BCUT2D eigenvalue weighted by Gasteiger charge is -2.06. The summed E-state index contributed by atoms with van der Waals surface area (Å²) in [6.45, 7) is 0.351. The molecular formula is C11H11Br2NO3. The van der Waals surface area contributed by atoms with Crippen LogP contribution in [0.4, 0.5) is 0 Å². The second-order valence-corrected chi connectivity index (χ2v) is 5.15. The molecule has 0 saturated heterocycles. The minimum Gasteiger partial charge on any atom is -0.481 e. The number of nitrogens with one attached hydrogen (secondary N) is 1. The highest BCUT2D eigenvalue weighted by atomic mass is 79.9. The van der Waals surface area contributed by atoms with Crippen LogP contribution in [0.2, 0.25) is 0 Å². The number of carbonyl (C=O) groups excluding carboxylic acids is 1. The van der Waals surface area contributed by atoms with E-state index < -0.39 is 5.97 Å². The monoisotopic (exact) mass is 363 g/mol. The van der Waals surface area contributed by atoms with E-state index in [1.807, 2.05) is 6.07 Å². The van der Waals surface area contributed by atoms with Gasteiger partial charge in [-0.1, -0.05) is 15.9 Å². The summed E-state index contributed by atoms with van der Waals surface area (Å²) in [5.74, 6) is -1.08. The number of amides is 1. The van der Waals surface area contributed by atoms with E-state index in [2.05, 4.69) is 37.2 Å². The number of halogens is 2. The maximum absolute atomic E-state index is 11.8. The molecule has 0 spiro atoms. The second-order valence-electron chi connectivity index (χ2n) is 3.38. The van der Waals surface area contributed by atoms with E-state index in [-0.39, 0.29) is 12.3 Å². The minimum atomic E-state index is -0.858. The minimum absolute atomic E-state index is 0.0555. The molecular weight excluding hydrogens is 354 g/mol. The van der Waals surface area contributed by atoms with Crippen LogP contribution < -0.4 is 5.32 Å². The second kappa shape index (κ2) is 6.76. The molecule has 0 unspecified atom stereocenters. The molecule has 1 amide bonds. The molecule has 0 aliphatic carbocycles. The fourth-order valence-electron chi connectivity index (χ4n) is 1.21. The molecule has 0 heterocycles. The molecule has 0 aliphatic heterocycles. The van der Waals surface area contributed by atoms with Crippen LogP contribution in [0.3, 0.4) is 0 Å². The highest BCUT2D eigenvalue weighted by Crippen LogP contribution is 2.21. The first kappa shape index (κ1) is 14.2. The molecule has 0 atom stereocenters. The smallest absolute Gasteiger partial charge is 0.303 e. The quantitative estimate of drug-likeness (QED) is 0.789. The van der Waals surface area contributed by atoms with Crippen molar-refractivity contribution in [2.45, 2.75) is 12.8 Å². The molecule has 1 rings (SSSR count). The summed E-state index contributed by atoms with van der Waals surface area (Å²) < 4.78 is 1.52. The number of hydrogen-bond donors (Lipinski definition) is 2. The third kappa shape index (κ3) is 4.87. The van der Waals surface area contributed by atoms with Gasteiger partial charge < -0.3 is 10.4 Å². The molecule has 1 aromatic rings. The highest BCUT2D eigenvalue weighted by Gasteiger charge is 2.09. The van der Waals surface area contributed by atoms with Crippen LogP contribution in [0.25, 0.3) is 0 Å². The first-order chi connectivity index (χ1) is 8.00. The zero-order chi connectivity index (χ0) is 12.8. The summed E-state index contributed by atoms with van der Waals surface area (Å²) in [6.07, 6.45) is 0.479. The molecule has 4 nitrogen and oxygen atoms in total. The van der Waals surface area contributed by atoms with Gasteiger partial charge >= 0.3 is 5.97 Å².